The van der Waals surface area contributed by atoms with Gasteiger partial charge < -0.3 is 10.2 Å². The molecule has 1 atom stereocenters. The Balaban J connectivity index is 2.38. The third kappa shape index (κ3) is 4.59. The van der Waals surface area contributed by atoms with Crippen molar-refractivity contribution in [1.82, 2.24) is 20.0 Å². The molecule has 114 valence electrons. The van der Waals surface area contributed by atoms with Gasteiger partial charge in [0, 0.05) is 6.54 Å². The average Bonchev–Trinajstić information content (AvgIpc) is 2.78. The second kappa shape index (κ2) is 8.42. The number of halogens is 1. The van der Waals surface area contributed by atoms with Gasteiger partial charge in [-0.05, 0) is 55.8 Å². The number of aromatic nitrogens is 2. The lowest BCUT2D eigenvalue weighted by molar-refractivity contribution is -0.124. The highest BCUT2D eigenvalue weighted by Gasteiger charge is 2.17. The van der Waals surface area contributed by atoms with Gasteiger partial charge >= 0.3 is 0 Å². The van der Waals surface area contributed by atoms with Gasteiger partial charge in [-0.1, -0.05) is 13.8 Å². The molecule has 0 saturated carbocycles. The molecule has 1 unspecified atom stereocenters. The van der Waals surface area contributed by atoms with Gasteiger partial charge in [0.05, 0.1) is 16.4 Å². The molecule has 0 radical (unpaired) electrons. The number of rotatable bonds is 8. The van der Waals surface area contributed by atoms with Gasteiger partial charge in [0.25, 0.3) is 0 Å². The van der Waals surface area contributed by atoms with Crippen LogP contribution in [0.5, 0.6) is 0 Å². The fourth-order valence-corrected chi connectivity index (χ4v) is 2.38. The van der Waals surface area contributed by atoms with Crippen molar-refractivity contribution < 1.29 is 4.79 Å². The van der Waals surface area contributed by atoms with Crippen LogP contribution in [0, 0.1) is 6.92 Å². The van der Waals surface area contributed by atoms with Crippen molar-refractivity contribution in [2.24, 2.45) is 0 Å². The van der Waals surface area contributed by atoms with Crippen LogP contribution in [0.25, 0.3) is 0 Å². The van der Waals surface area contributed by atoms with Crippen molar-refractivity contribution in [3.05, 3.63) is 16.4 Å². The molecular weight excluding hydrogens is 320 g/mol. The predicted octanol–water partition coefficient (Wildman–Crippen LogP) is 2.36. The van der Waals surface area contributed by atoms with E-state index in [-0.39, 0.29) is 11.9 Å². The highest BCUT2D eigenvalue weighted by molar-refractivity contribution is 9.10. The number of hydrogen-bond donors (Lipinski definition) is 1. The molecule has 0 aliphatic carbocycles. The summed E-state index contributed by atoms with van der Waals surface area (Å²) in [5.74, 6) is 0.0169. The summed E-state index contributed by atoms with van der Waals surface area (Å²) in [6, 6.07) is -0.283. The largest absolute Gasteiger partial charge is 0.354 e. The molecule has 0 aliphatic heterocycles. The summed E-state index contributed by atoms with van der Waals surface area (Å²) < 4.78 is 2.67. The van der Waals surface area contributed by atoms with E-state index in [9.17, 15) is 4.79 Å². The molecule has 1 amide bonds. The van der Waals surface area contributed by atoms with Crippen LogP contribution >= 0.6 is 15.9 Å². The Morgan fingerprint density at radius 1 is 1.50 bits per heavy atom. The van der Waals surface area contributed by atoms with Crippen molar-refractivity contribution in [2.75, 3.05) is 26.2 Å². The van der Waals surface area contributed by atoms with E-state index >= 15 is 0 Å². The summed E-state index contributed by atoms with van der Waals surface area (Å²) in [5, 5.41) is 7.20. The van der Waals surface area contributed by atoms with Crippen molar-refractivity contribution in [2.45, 2.75) is 40.2 Å². The summed E-state index contributed by atoms with van der Waals surface area (Å²) in [6.07, 6.45) is 2.70. The standard InChI is InChI=1S/C14H25BrN4O/c1-5-18(6-2)9-7-8-16-14(20)12(4)19-11(3)13(15)10-17-19/h10,12H,5-9H2,1-4H3,(H,16,20). The Morgan fingerprint density at radius 3 is 2.65 bits per heavy atom. The third-order valence-electron chi connectivity index (χ3n) is 3.58. The van der Waals surface area contributed by atoms with E-state index in [1.165, 1.54) is 0 Å². The SMILES string of the molecule is CCN(CC)CCCNC(=O)C(C)n1ncc(Br)c1C. The van der Waals surface area contributed by atoms with Gasteiger partial charge in [-0.15, -0.1) is 0 Å². The van der Waals surface area contributed by atoms with Gasteiger partial charge in [-0.2, -0.15) is 5.10 Å². The third-order valence-corrected chi connectivity index (χ3v) is 4.35. The molecule has 0 saturated heterocycles. The van der Waals surface area contributed by atoms with E-state index < -0.39 is 0 Å². The molecule has 0 aromatic carbocycles. The molecular formula is C14H25BrN4O. The Hall–Kier alpha value is -0.880. The number of hydrogen-bond acceptors (Lipinski definition) is 3. The van der Waals surface area contributed by atoms with Gasteiger partial charge in [0.15, 0.2) is 0 Å². The lowest BCUT2D eigenvalue weighted by atomic mass is 10.3. The number of amides is 1. The fraction of sp³-hybridized carbons (Fsp3) is 0.714. The van der Waals surface area contributed by atoms with Crippen molar-refractivity contribution >= 4 is 21.8 Å². The normalized spacial score (nSPS) is 12.7. The first-order valence-electron chi connectivity index (χ1n) is 7.20. The quantitative estimate of drug-likeness (QED) is 0.736. The number of nitrogens with zero attached hydrogens (tertiary/aromatic N) is 3. The molecule has 5 nitrogen and oxygen atoms in total. The average molecular weight is 345 g/mol. The first-order chi connectivity index (χ1) is 9.51. The molecule has 1 rings (SSSR count). The number of carbonyl (C=O) groups excluding carboxylic acids is 1. The maximum atomic E-state index is 12.1. The highest BCUT2D eigenvalue weighted by Crippen LogP contribution is 2.18. The minimum absolute atomic E-state index is 0.0169. The van der Waals surface area contributed by atoms with Crippen LogP contribution < -0.4 is 5.32 Å². The van der Waals surface area contributed by atoms with Gasteiger partial charge in [0.1, 0.15) is 6.04 Å². The Morgan fingerprint density at radius 2 is 2.15 bits per heavy atom. The lowest BCUT2D eigenvalue weighted by Crippen LogP contribution is -2.34. The fourth-order valence-electron chi connectivity index (χ4n) is 2.11. The highest BCUT2D eigenvalue weighted by atomic mass is 79.9. The Bertz CT molecular complexity index is 429. The van der Waals surface area contributed by atoms with E-state index in [0.29, 0.717) is 6.54 Å². The Kier molecular flexibility index (Phi) is 7.23. The minimum Gasteiger partial charge on any atom is -0.354 e. The van der Waals surface area contributed by atoms with Crippen LogP contribution in [0.2, 0.25) is 0 Å². The van der Waals surface area contributed by atoms with E-state index in [4.69, 9.17) is 0 Å². The zero-order valence-corrected chi connectivity index (χ0v) is 14.4. The molecule has 0 fully saturated rings. The predicted molar refractivity (Wildman–Crippen MR) is 84.8 cm³/mol. The van der Waals surface area contributed by atoms with Crippen LogP contribution in [0.1, 0.15) is 38.9 Å². The molecule has 1 N–H and O–H groups in total. The van der Waals surface area contributed by atoms with Crippen LogP contribution in [-0.2, 0) is 4.79 Å². The molecule has 1 heterocycles. The maximum absolute atomic E-state index is 12.1. The van der Waals surface area contributed by atoms with Crippen LogP contribution in [-0.4, -0.2) is 46.8 Å². The molecule has 0 aliphatic rings. The second-order valence-corrected chi connectivity index (χ2v) is 5.72. The molecule has 0 bridgehead atoms. The van der Waals surface area contributed by atoms with E-state index in [0.717, 1.165) is 36.2 Å². The topological polar surface area (TPSA) is 50.2 Å². The number of nitrogens with one attached hydrogen (secondary N) is 1. The summed E-state index contributed by atoms with van der Waals surface area (Å²) >= 11 is 3.41. The second-order valence-electron chi connectivity index (χ2n) is 4.87. The van der Waals surface area contributed by atoms with Gasteiger partial charge in [-0.25, -0.2) is 0 Å². The molecule has 1 aromatic rings. The lowest BCUT2D eigenvalue weighted by Gasteiger charge is -2.18. The van der Waals surface area contributed by atoms with E-state index in [2.05, 4.69) is 45.1 Å². The van der Waals surface area contributed by atoms with Crippen LogP contribution in [0.4, 0.5) is 0 Å². The molecule has 20 heavy (non-hydrogen) atoms. The zero-order chi connectivity index (χ0) is 15.1. The minimum atomic E-state index is -0.283. The zero-order valence-electron chi connectivity index (χ0n) is 12.8. The summed E-state index contributed by atoms with van der Waals surface area (Å²) in [6.45, 7) is 12.0. The Labute approximate surface area is 129 Å². The summed E-state index contributed by atoms with van der Waals surface area (Å²) in [4.78, 5) is 14.4. The van der Waals surface area contributed by atoms with Crippen molar-refractivity contribution in [3.8, 4) is 0 Å². The van der Waals surface area contributed by atoms with Gasteiger partial charge in [-0.3, -0.25) is 9.48 Å². The smallest absolute Gasteiger partial charge is 0.244 e. The van der Waals surface area contributed by atoms with Crippen LogP contribution in [0.15, 0.2) is 10.7 Å². The van der Waals surface area contributed by atoms with Crippen LogP contribution in [0.3, 0.4) is 0 Å². The first kappa shape index (κ1) is 17.2. The van der Waals surface area contributed by atoms with Gasteiger partial charge in [0.2, 0.25) is 5.91 Å². The van der Waals surface area contributed by atoms with E-state index in [1.807, 2.05) is 13.8 Å². The van der Waals surface area contributed by atoms with Crippen molar-refractivity contribution in [1.29, 1.82) is 0 Å². The summed E-state index contributed by atoms with van der Waals surface area (Å²) in [7, 11) is 0. The maximum Gasteiger partial charge on any atom is 0.244 e. The summed E-state index contributed by atoms with van der Waals surface area (Å²) in [5.41, 5.74) is 0.968. The first-order valence-corrected chi connectivity index (χ1v) is 8.00. The molecule has 0 spiro atoms. The molecule has 1 aromatic heterocycles. The van der Waals surface area contributed by atoms with E-state index in [1.54, 1.807) is 10.9 Å². The monoisotopic (exact) mass is 344 g/mol. The molecule has 6 heteroatoms. The van der Waals surface area contributed by atoms with Crippen molar-refractivity contribution in [3.63, 3.8) is 0 Å². The number of carbonyl (C=O) groups is 1.